The van der Waals surface area contributed by atoms with Crippen molar-refractivity contribution in [1.29, 1.82) is 0 Å². The summed E-state index contributed by atoms with van der Waals surface area (Å²) in [6.45, 7) is 3.36. The fourth-order valence-corrected chi connectivity index (χ4v) is 1.36. The van der Waals surface area contributed by atoms with Gasteiger partial charge >= 0.3 is 5.97 Å². The SMILES string of the molecule is CCCCCN(C)C(CN)C(=O)OC. The number of hydrogen-bond acceptors (Lipinski definition) is 4. The number of nitrogens with zero attached hydrogens (tertiary/aromatic N) is 1. The van der Waals surface area contributed by atoms with E-state index in [4.69, 9.17) is 5.73 Å². The molecule has 0 aliphatic carbocycles. The highest BCUT2D eigenvalue weighted by Crippen LogP contribution is 2.01. The highest BCUT2D eigenvalue weighted by atomic mass is 16.5. The third-order valence-electron chi connectivity index (χ3n) is 2.34. The van der Waals surface area contributed by atoms with Gasteiger partial charge in [0.05, 0.1) is 7.11 Å². The number of unbranched alkanes of at least 4 members (excludes halogenated alkanes) is 2. The van der Waals surface area contributed by atoms with Crippen LogP contribution in [0, 0.1) is 0 Å². The second-order valence-electron chi connectivity index (χ2n) is 3.46. The van der Waals surface area contributed by atoms with Crippen molar-refractivity contribution in [3.05, 3.63) is 0 Å². The molecule has 2 N–H and O–H groups in total. The zero-order valence-corrected chi connectivity index (χ0v) is 9.45. The predicted molar refractivity (Wildman–Crippen MR) is 57.0 cm³/mol. The number of hydrogen-bond donors (Lipinski definition) is 1. The average molecular weight is 202 g/mol. The molecule has 0 saturated heterocycles. The molecular weight excluding hydrogens is 180 g/mol. The zero-order valence-electron chi connectivity index (χ0n) is 9.45. The van der Waals surface area contributed by atoms with Gasteiger partial charge in [-0.25, -0.2) is 0 Å². The molecule has 0 saturated carbocycles. The van der Waals surface area contributed by atoms with E-state index in [1.54, 1.807) is 0 Å². The maximum absolute atomic E-state index is 11.3. The number of nitrogens with two attached hydrogens (primary N) is 1. The molecule has 0 rings (SSSR count). The Morgan fingerprint density at radius 1 is 1.50 bits per heavy atom. The Hall–Kier alpha value is -0.610. The van der Waals surface area contributed by atoms with Gasteiger partial charge < -0.3 is 10.5 Å². The summed E-state index contributed by atoms with van der Waals surface area (Å²) in [6.07, 6.45) is 3.46. The van der Waals surface area contributed by atoms with Crippen LogP contribution in [0.5, 0.6) is 0 Å². The first-order valence-electron chi connectivity index (χ1n) is 5.15. The highest BCUT2D eigenvalue weighted by Gasteiger charge is 2.21. The Kier molecular flexibility index (Phi) is 7.42. The lowest BCUT2D eigenvalue weighted by Gasteiger charge is -2.24. The smallest absolute Gasteiger partial charge is 0.324 e. The van der Waals surface area contributed by atoms with Crippen molar-refractivity contribution in [1.82, 2.24) is 4.90 Å². The Bertz CT molecular complexity index is 162. The van der Waals surface area contributed by atoms with E-state index in [0.29, 0.717) is 6.54 Å². The predicted octanol–water partition coefficient (Wildman–Crippen LogP) is 0.609. The quantitative estimate of drug-likeness (QED) is 0.485. The minimum Gasteiger partial charge on any atom is -0.468 e. The van der Waals surface area contributed by atoms with Crippen molar-refractivity contribution in [3.8, 4) is 0 Å². The molecule has 4 nitrogen and oxygen atoms in total. The van der Waals surface area contributed by atoms with Crippen LogP contribution in [0.1, 0.15) is 26.2 Å². The van der Waals surface area contributed by atoms with Crippen LogP contribution in [0.3, 0.4) is 0 Å². The van der Waals surface area contributed by atoms with Crippen molar-refractivity contribution < 1.29 is 9.53 Å². The van der Waals surface area contributed by atoms with E-state index in [-0.39, 0.29) is 12.0 Å². The van der Waals surface area contributed by atoms with Crippen molar-refractivity contribution in [2.45, 2.75) is 32.2 Å². The van der Waals surface area contributed by atoms with Crippen LogP contribution >= 0.6 is 0 Å². The third kappa shape index (κ3) is 4.58. The molecule has 0 bridgehead atoms. The highest BCUT2D eigenvalue weighted by molar-refractivity contribution is 5.75. The Balaban J connectivity index is 3.91. The first kappa shape index (κ1) is 13.4. The summed E-state index contributed by atoms with van der Waals surface area (Å²) < 4.78 is 4.67. The van der Waals surface area contributed by atoms with Crippen LogP contribution in [0.4, 0.5) is 0 Å². The second-order valence-corrected chi connectivity index (χ2v) is 3.46. The topological polar surface area (TPSA) is 55.6 Å². The summed E-state index contributed by atoms with van der Waals surface area (Å²) >= 11 is 0. The van der Waals surface area contributed by atoms with Crippen LogP contribution in [0.2, 0.25) is 0 Å². The Morgan fingerprint density at radius 2 is 2.14 bits per heavy atom. The van der Waals surface area contributed by atoms with Gasteiger partial charge in [-0.1, -0.05) is 19.8 Å². The normalized spacial score (nSPS) is 12.9. The molecule has 0 heterocycles. The molecule has 1 unspecified atom stereocenters. The molecular formula is C10H22N2O2. The number of carbonyl (C=O) groups is 1. The van der Waals surface area contributed by atoms with Gasteiger partial charge in [0, 0.05) is 6.54 Å². The number of likely N-dealkylation sites (N-methyl/N-ethyl adjacent to an activating group) is 1. The molecule has 0 spiro atoms. The molecule has 0 amide bonds. The lowest BCUT2D eigenvalue weighted by Crippen LogP contribution is -2.45. The van der Waals surface area contributed by atoms with Gasteiger partial charge in [-0.05, 0) is 20.0 Å². The standard InChI is InChI=1S/C10H22N2O2/c1-4-5-6-7-12(2)9(8-11)10(13)14-3/h9H,4-8,11H2,1-3H3. The fourth-order valence-electron chi connectivity index (χ4n) is 1.36. The molecule has 0 fully saturated rings. The summed E-state index contributed by atoms with van der Waals surface area (Å²) in [5.74, 6) is -0.244. The van der Waals surface area contributed by atoms with E-state index in [2.05, 4.69) is 11.7 Å². The number of esters is 1. The van der Waals surface area contributed by atoms with Crippen molar-refractivity contribution >= 4 is 5.97 Å². The molecule has 0 radical (unpaired) electrons. The van der Waals surface area contributed by atoms with E-state index in [1.807, 2.05) is 11.9 Å². The second kappa shape index (κ2) is 7.76. The van der Waals surface area contributed by atoms with E-state index in [1.165, 1.54) is 20.0 Å². The van der Waals surface area contributed by atoms with Crippen molar-refractivity contribution in [2.24, 2.45) is 5.73 Å². The molecule has 0 aromatic rings. The minimum absolute atomic E-state index is 0.244. The molecule has 84 valence electrons. The van der Waals surface area contributed by atoms with E-state index in [9.17, 15) is 4.79 Å². The first-order chi connectivity index (χ1) is 6.67. The van der Waals surface area contributed by atoms with Gasteiger partial charge in [-0.3, -0.25) is 9.69 Å². The van der Waals surface area contributed by atoms with Gasteiger partial charge in [-0.2, -0.15) is 0 Å². The van der Waals surface area contributed by atoms with Gasteiger partial charge in [0.2, 0.25) is 0 Å². The Labute approximate surface area is 86.4 Å². The lowest BCUT2D eigenvalue weighted by atomic mass is 10.2. The third-order valence-corrected chi connectivity index (χ3v) is 2.34. The van der Waals surface area contributed by atoms with E-state index in [0.717, 1.165) is 13.0 Å². The monoisotopic (exact) mass is 202 g/mol. The van der Waals surface area contributed by atoms with Crippen LogP contribution < -0.4 is 5.73 Å². The maximum Gasteiger partial charge on any atom is 0.324 e. The lowest BCUT2D eigenvalue weighted by molar-refractivity contribution is -0.146. The van der Waals surface area contributed by atoms with E-state index >= 15 is 0 Å². The molecule has 14 heavy (non-hydrogen) atoms. The molecule has 0 aliphatic heterocycles. The zero-order chi connectivity index (χ0) is 11.0. The van der Waals surface area contributed by atoms with Crippen molar-refractivity contribution in [2.75, 3.05) is 27.2 Å². The first-order valence-corrected chi connectivity index (χ1v) is 5.15. The van der Waals surface area contributed by atoms with Gasteiger partial charge in [0.15, 0.2) is 0 Å². The van der Waals surface area contributed by atoms with Crippen LogP contribution in [-0.2, 0) is 9.53 Å². The molecule has 1 atom stereocenters. The number of rotatable bonds is 7. The molecule has 0 aromatic heterocycles. The summed E-state index contributed by atoms with van der Waals surface area (Å²) in [5, 5.41) is 0. The van der Waals surface area contributed by atoms with Gasteiger partial charge in [-0.15, -0.1) is 0 Å². The molecule has 0 aromatic carbocycles. The van der Waals surface area contributed by atoms with Crippen LogP contribution in [0.25, 0.3) is 0 Å². The average Bonchev–Trinajstić information content (AvgIpc) is 2.19. The summed E-state index contributed by atoms with van der Waals surface area (Å²) in [7, 11) is 3.30. The molecule has 0 aliphatic rings. The maximum atomic E-state index is 11.3. The summed E-state index contributed by atoms with van der Waals surface area (Å²) in [6, 6.07) is -0.295. The number of methoxy groups -OCH3 is 1. The van der Waals surface area contributed by atoms with Gasteiger partial charge in [0.25, 0.3) is 0 Å². The Morgan fingerprint density at radius 3 is 2.57 bits per heavy atom. The van der Waals surface area contributed by atoms with Crippen molar-refractivity contribution in [3.63, 3.8) is 0 Å². The minimum atomic E-state index is -0.295. The number of carbonyl (C=O) groups excluding carboxylic acids is 1. The molecule has 4 heteroatoms. The van der Waals surface area contributed by atoms with Gasteiger partial charge in [0.1, 0.15) is 6.04 Å². The summed E-state index contributed by atoms with van der Waals surface area (Å²) in [4.78, 5) is 13.2. The van der Waals surface area contributed by atoms with Crippen LogP contribution in [-0.4, -0.2) is 44.2 Å². The van der Waals surface area contributed by atoms with Crippen LogP contribution in [0.15, 0.2) is 0 Å². The largest absolute Gasteiger partial charge is 0.468 e. The fraction of sp³-hybridized carbons (Fsp3) is 0.900. The number of ether oxygens (including phenoxy) is 1. The summed E-state index contributed by atoms with van der Waals surface area (Å²) in [5.41, 5.74) is 5.51. The van der Waals surface area contributed by atoms with E-state index < -0.39 is 0 Å².